The van der Waals surface area contributed by atoms with Crippen LogP contribution in [-0.2, 0) is 4.74 Å². The average Bonchev–Trinajstić information content (AvgIpc) is 2.29. The number of hydrogen-bond acceptors (Lipinski definition) is 2. The maximum atomic E-state index is 10.6. The molecule has 0 bridgehead atoms. The van der Waals surface area contributed by atoms with E-state index in [1.807, 2.05) is 0 Å². The van der Waals surface area contributed by atoms with E-state index in [2.05, 4.69) is 13.8 Å². The van der Waals surface area contributed by atoms with E-state index in [-0.39, 0.29) is 0 Å². The molecule has 0 aromatic heterocycles. The third-order valence-electron chi connectivity index (χ3n) is 4.34. The van der Waals surface area contributed by atoms with Gasteiger partial charge in [0.1, 0.15) is 0 Å². The number of ether oxygens (including phenoxy) is 1. The Labute approximate surface area is 100 Å². The molecule has 2 nitrogen and oxygen atoms in total. The van der Waals surface area contributed by atoms with Crippen molar-refractivity contribution in [3.63, 3.8) is 0 Å². The van der Waals surface area contributed by atoms with Crippen LogP contribution in [0.4, 0.5) is 0 Å². The van der Waals surface area contributed by atoms with Gasteiger partial charge < -0.3 is 9.84 Å². The molecule has 16 heavy (non-hydrogen) atoms. The van der Waals surface area contributed by atoms with Crippen LogP contribution in [0.25, 0.3) is 0 Å². The van der Waals surface area contributed by atoms with Gasteiger partial charge in [-0.05, 0) is 43.9 Å². The highest BCUT2D eigenvalue weighted by atomic mass is 16.5. The van der Waals surface area contributed by atoms with Crippen molar-refractivity contribution >= 4 is 0 Å². The molecule has 1 N–H and O–H groups in total. The van der Waals surface area contributed by atoms with Gasteiger partial charge in [0.25, 0.3) is 0 Å². The minimum absolute atomic E-state index is 0.370. The SMILES string of the molecule is CCCC1CCC(O)(C(C)CCOC)CC1. The van der Waals surface area contributed by atoms with Crippen molar-refractivity contribution in [3.05, 3.63) is 0 Å². The fourth-order valence-electron chi connectivity index (χ4n) is 2.93. The zero-order valence-corrected chi connectivity index (χ0v) is 11.2. The van der Waals surface area contributed by atoms with Gasteiger partial charge in [0.15, 0.2) is 0 Å². The molecule has 2 heteroatoms. The fraction of sp³-hybridized carbons (Fsp3) is 1.00. The number of hydrogen-bond donors (Lipinski definition) is 1. The summed E-state index contributed by atoms with van der Waals surface area (Å²) < 4.78 is 5.10. The summed E-state index contributed by atoms with van der Waals surface area (Å²) in [6.45, 7) is 5.18. The Balaban J connectivity index is 2.36. The van der Waals surface area contributed by atoms with Gasteiger partial charge in [-0.1, -0.05) is 26.7 Å². The fourth-order valence-corrected chi connectivity index (χ4v) is 2.93. The van der Waals surface area contributed by atoms with Crippen LogP contribution in [0.3, 0.4) is 0 Å². The van der Waals surface area contributed by atoms with Crippen LogP contribution in [0.1, 0.15) is 58.8 Å². The number of aliphatic hydroxyl groups is 1. The van der Waals surface area contributed by atoms with Crippen LogP contribution in [0.5, 0.6) is 0 Å². The van der Waals surface area contributed by atoms with E-state index in [1.54, 1.807) is 7.11 Å². The Morgan fingerprint density at radius 1 is 1.38 bits per heavy atom. The monoisotopic (exact) mass is 228 g/mol. The van der Waals surface area contributed by atoms with Crippen LogP contribution in [0.2, 0.25) is 0 Å². The third-order valence-corrected chi connectivity index (χ3v) is 4.34. The Kier molecular flexibility index (Phi) is 5.77. The van der Waals surface area contributed by atoms with Crippen molar-refractivity contribution in [2.45, 2.75) is 64.4 Å². The maximum absolute atomic E-state index is 10.6. The summed E-state index contributed by atoms with van der Waals surface area (Å²) in [6.07, 6.45) is 7.99. The summed E-state index contributed by atoms with van der Waals surface area (Å²) in [4.78, 5) is 0. The van der Waals surface area contributed by atoms with Gasteiger partial charge >= 0.3 is 0 Å². The molecule has 1 rings (SSSR count). The molecule has 0 radical (unpaired) electrons. The first kappa shape index (κ1) is 14.0. The molecule has 1 fully saturated rings. The average molecular weight is 228 g/mol. The molecule has 1 aliphatic carbocycles. The second-order valence-corrected chi connectivity index (χ2v) is 5.52. The minimum atomic E-state index is -0.414. The third kappa shape index (κ3) is 3.74. The summed E-state index contributed by atoms with van der Waals surface area (Å²) in [5.74, 6) is 1.23. The normalized spacial score (nSPS) is 32.6. The lowest BCUT2D eigenvalue weighted by Gasteiger charge is -2.40. The molecule has 0 heterocycles. The van der Waals surface area contributed by atoms with Crippen molar-refractivity contribution in [2.75, 3.05) is 13.7 Å². The number of rotatable bonds is 6. The highest BCUT2D eigenvalue weighted by Gasteiger charge is 2.37. The van der Waals surface area contributed by atoms with Gasteiger partial charge in [-0.2, -0.15) is 0 Å². The quantitative estimate of drug-likeness (QED) is 0.755. The van der Waals surface area contributed by atoms with Crippen LogP contribution in [-0.4, -0.2) is 24.4 Å². The largest absolute Gasteiger partial charge is 0.390 e. The van der Waals surface area contributed by atoms with E-state index in [4.69, 9.17) is 4.74 Å². The molecule has 0 aromatic carbocycles. The first-order chi connectivity index (χ1) is 7.62. The standard InChI is InChI=1S/C14H28O2/c1-4-5-13-6-9-14(15,10-7-13)12(2)8-11-16-3/h12-13,15H,4-11H2,1-3H3. The topological polar surface area (TPSA) is 29.5 Å². The number of methoxy groups -OCH3 is 1. The molecule has 96 valence electrons. The predicted molar refractivity (Wildman–Crippen MR) is 67.5 cm³/mol. The molecule has 0 spiro atoms. The van der Waals surface area contributed by atoms with Gasteiger partial charge in [0.05, 0.1) is 5.60 Å². The van der Waals surface area contributed by atoms with Gasteiger partial charge in [-0.3, -0.25) is 0 Å². The van der Waals surface area contributed by atoms with Crippen LogP contribution in [0.15, 0.2) is 0 Å². The lowest BCUT2D eigenvalue weighted by atomic mass is 9.71. The highest BCUT2D eigenvalue weighted by Crippen LogP contribution is 2.39. The van der Waals surface area contributed by atoms with Crippen molar-refractivity contribution in [3.8, 4) is 0 Å². The lowest BCUT2D eigenvalue weighted by Crippen LogP contribution is -2.40. The second-order valence-electron chi connectivity index (χ2n) is 5.52. The van der Waals surface area contributed by atoms with E-state index in [1.165, 1.54) is 25.7 Å². The predicted octanol–water partition coefficient (Wildman–Crippen LogP) is 3.38. The Morgan fingerprint density at radius 3 is 2.50 bits per heavy atom. The summed E-state index contributed by atoms with van der Waals surface area (Å²) in [7, 11) is 1.73. The lowest BCUT2D eigenvalue weighted by molar-refractivity contribution is -0.0616. The zero-order valence-electron chi connectivity index (χ0n) is 11.2. The minimum Gasteiger partial charge on any atom is -0.390 e. The van der Waals surface area contributed by atoms with Gasteiger partial charge in [-0.15, -0.1) is 0 Å². The molecule has 0 aliphatic heterocycles. The van der Waals surface area contributed by atoms with E-state index >= 15 is 0 Å². The van der Waals surface area contributed by atoms with E-state index in [9.17, 15) is 5.11 Å². The van der Waals surface area contributed by atoms with E-state index in [0.29, 0.717) is 5.92 Å². The molecular formula is C14H28O2. The van der Waals surface area contributed by atoms with Crippen molar-refractivity contribution in [1.29, 1.82) is 0 Å². The molecule has 1 saturated carbocycles. The zero-order chi connectivity index (χ0) is 12.0. The molecular weight excluding hydrogens is 200 g/mol. The van der Waals surface area contributed by atoms with Crippen LogP contribution >= 0.6 is 0 Å². The Bertz CT molecular complexity index is 183. The summed E-state index contributed by atoms with van der Waals surface area (Å²) in [5, 5.41) is 10.6. The highest BCUT2D eigenvalue weighted by molar-refractivity contribution is 4.89. The summed E-state index contributed by atoms with van der Waals surface area (Å²) >= 11 is 0. The van der Waals surface area contributed by atoms with Crippen molar-refractivity contribution in [2.24, 2.45) is 11.8 Å². The molecule has 0 amide bonds. The Hall–Kier alpha value is -0.0800. The summed E-state index contributed by atoms with van der Waals surface area (Å²) in [6, 6.07) is 0. The van der Waals surface area contributed by atoms with E-state index < -0.39 is 5.60 Å². The van der Waals surface area contributed by atoms with Crippen molar-refractivity contribution in [1.82, 2.24) is 0 Å². The van der Waals surface area contributed by atoms with Crippen molar-refractivity contribution < 1.29 is 9.84 Å². The second kappa shape index (κ2) is 6.61. The molecule has 1 aliphatic rings. The first-order valence-corrected chi connectivity index (χ1v) is 6.83. The Morgan fingerprint density at radius 2 is 2.00 bits per heavy atom. The molecule has 0 aromatic rings. The van der Waals surface area contributed by atoms with Gasteiger partial charge in [0.2, 0.25) is 0 Å². The van der Waals surface area contributed by atoms with Crippen LogP contribution in [0, 0.1) is 11.8 Å². The smallest absolute Gasteiger partial charge is 0.0674 e. The van der Waals surface area contributed by atoms with Crippen LogP contribution < -0.4 is 0 Å². The van der Waals surface area contributed by atoms with Gasteiger partial charge in [-0.25, -0.2) is 0 Å². The molecule has 1 unspecified atom stereocenters. The summed E-state index contributed by atoms with van der Waals surface area (Å²) in [5.41, 5.74) is -0.414. The van der Waals surface area contributed by atoms with Gasteiger partial charge in [0, 0.05) is 13.7 Å². The maximum Gasteiger partial charge on any atom is 0.0674 e. The molecule has 0 saturated heterocycles. The first-order valence-electron chi connectivity index (χ1n) is 6.83. The van der Waals surface area contributed by atoms with E-state index in [0.717, 1.165) is 31.8 Å². The molecule has 1 atom stereocenters.